The fraction of sp³-hybridized carbons (Fsp3) is 0.267. The Morgan fingerprint density at radius 1 is 1.08 bits per heavy atom. The van der Waals surface area contributed by atoms with Crippen LogP contribution in [0.3, 0.4) is 0 Å². The first-order valence-corrected chi connectivity index (χ1v) is 12.2. The van der Waals surface area contributed by atoms with Gasteiger partial charge in [-0.15, -0.1) is 0 Å². The first-order chi connectivity index (χ1) is 17.3. The molecule has 2 heterocycles. The molecule has 0 aliphatic carbocycles. The molecule has 184 valence electrons. The molecule has 2 aliphatic rings. The summed E-state index contributed by atoms with van der Waals surface area (Å²) in [5, 5.41) is 11.4. The standard InChI is InChI=1S/C30H29NO5/c1-18(2)17-36-23-11-9-22(10-12-23)31-27(24-7-5-4-6-19(24)3)26(29(33)30(31)34)28(32)21-8-13-25-20(16-21)14-15-35-25/h4-13,16,18,27,32H,14-15,17H2,1-3H3/b28-26+. The lowest BCUT2D eigenvalue weighted by atomic mass is 9.92. The highest BCUT2D eigenvalue weighted by Gasteiger charge is 2.47. The van der Waals surface area contributed by atoms with Gasteiger partial charge in [-0.1, -0.05) is 38.1 Å². The minimum absolute atomic E-state index is 0.0771. The zero-order chi connectivity index (χ0) is 25.4. The van der Waals surface area contributed by atoms with Crippen LogP contribution in [0.2, 0.25) is 0 Å². The zero-order valence-corrected chi connectivity index (χ0v) is 20.7. The maximum absolute atomic E-state index is 13.4. The van der Waals surface area contributed by atoms with Gasteiger partial charge < -0.3 is 14.6 Å². The SMILES string of the molecule is Cc1ccccc1C1/C(=C(\O)c2ccc3c(c2)CCO3)C(=O)C(=O)N1c1ccc(OCC(C)C)cc1. The van der Waals surface area contributed by atoms with Crippen LogP contribution in [-0.4, -0.2) is 30.0 Å². The van der Waals surface area contributed by atoms with Crippen molar-refractivity contribution in [2.45, 2.75) is 33.2 Å². The number of fused-ring (bicyclic) bond motifs is 1. The normalized spacial score (nSPS) is 18.4. The Kier molecular flexibility index (Phi) is 6.27. The van der Waals surface area contributed by atoms with Gasteiger partial charge in [0.1, 0.15) is 17.3 Å². The number of aryl methyl sites for hydroxylation is 1. The summed E-state index contributed by atoms with van der Waals surface area (Å²) in [5.74, 6) is 0.284. The number of benzene rings is 3. The van der Waals surface area contributed by atoms with Crippen LogP contribution in [0.4, 0.5) is 5.69 Å². The molecular formula is C30H29NO5. The number of nitrogens with zero attached hydrogens (tertiary/aromatic N) is 1. The molecule has 1 N–H and O–H groups in total. The Bertz CT molecular complexity index is 1360. The average molecular weight is 484 g/mol. The van der Waals surface area contributed by atoms with Crippen LogP contribution in [0.15, 0.2) is 72.3 Å². The second kappa shape index (κ2) is 9.53. The third-order valence-corrected chi connectivity index (χ3v) is 6.59. The number of hydrogen-bond acceptors (Lipinski definition) is 5. The average Bonchev–Trinajstić information content (AvgIpc) is 3.45. The highest BCUT2D eigenvalue weighted by molar-refractivity contribution is 6.51. The topological polar surface area (TPSA) is 76.1 Å². The molecule has 1 atom stereocenters. The number of Topliss-reactive ketones (excluding diaryl/α,β-unsaturated/α-hetero) is 1. The van der Waals surface area contributed by atoms with Gasteiger partial charge in [0.2, 0.25) is 0 Å². The highest BCUT2D eigenvalue weighted by Crippen LogP contribution is 2.43. The molecule has 1 fully saturated rings. The number of aliphatic hydroxyl groups excluding tert-OH is 1. The molecule has 5 rings (SSSR count). The predicted octanol–water partition coefficient (Wildman–Crippen LogP) is 5.59. The van der Waals surface area contributed by atoms with E-state index in [9.17, 15) is 14.7 Å². The Hall–Kier alpha value is -4.06. The third-order valence-electron chi connectivity index (χ3n) is 6.59. The molecule has 0 radical (unpaired) electrons. The van der Waals surface area contributed by atoms with E-state index in [1.165, 1.54) is 4.90 Å². The number of hydrogen-bond donors (Lipinski definition) is 1. The molecule has 1 amide bonds. The van der Waals surface area contributed by atoms with Crippen molar-refractivity contribution in [2.24, 2.45) is 5.92 Å². The van der Waals surface area contributed by atoms with E-state index < -0.39 is 17.7 Å². The van der Waals surface area contributed by atoms with Crippen molar-refractivity contribution >= 4 is 23.1 Å². The summed E-state index contributed by atoms with van der Waals surface area (Å²) in [6.07, 6.45) is 0.733. The van der Waals surface area contributed by atoms with E-state index in [0.717, 1.165) is 28.9 Å². The highest BCUT2D eigenvalue weighted by atomic mass is 16.5. The van der Waals surface area contributed by atoms with Gasteiger partial charge in [-0.05, 0) is 72.0 Å². The summed E-state index contributed by atoms with van der Waals surface area (Å²) >= 11 is 0. The molecule has 6 nitrogen and oxygen atoms in total. The van der Waals surface area contributed by atoms with Crippen molar-refractivity contribution in [3.8, 4) is 11.5 Å². The molecule has 6 heteroatoms. The van der Waals surface area contributed by atoms with E-state index in [1.54, 1.807) is 36.4 Å². The van der Waals surface area contributed by atoms with Crippen LogP contribution < -0.4 is 14.4 Å². The smallest absolute Gasteiger partial charge is 0.300 e. The molecule has 3 aromatic rings. The summed E-state index contributed by atoms with van der Waals surface area (Å²) in [4.78, 5) is 28.3. The van der Waals surface area contributed by atoms with E-state index in [0.29, 0.717) is 36.1 Å². The van der Waals surface area contributed by atoms with Crippen LogP contribution in [0.5, 0.6) is 11.5 Å². The van der Waals surface area contributed by atoms with E-state index in [2.05, 4.69) is 13.8 Å². The summed E-state index contributed by atoms with van der Waals surface area (Å²) in [6, 6.07) is 19.3. The van der Waals surface area contributed by atoms with Gasteiger partial charge in [0.05, 0.1) is 24.8 Å². The Morgan fingerprint density at radius 3 is 2.56 bits per heavy atom. The molecular weight excluding hydrogens is 454 g/mol. The van der Waals surface area contributed by atoms with Crippen LogP contribution in [0.1, 0.15) is 42.1 Å². The molecule has 3 aromatic carbocycles. The Balaban J connectivity index is 1.62. The summed E-state index contributed by atoms with van der Waals surface area (Å²) in [7, 11) is 0. The predicted molar refractivity (Wildman–Crippen MR) is 138 cm³/mol. The van der Waals surface area contributed by atoms with Crippen LogP contribution >= 0.6 is 0 Å². The molecule has 1 unspecified atom stereocenters. The van der Waals surface area contributed by atoms with Gasteiger partial charge in [-0.25, -0.2) is 0 Å². The van der Waals surface area contributed by atoms with Gasteiger partial charge in [-0.2, -0.15) is 0 Å². The number of anilines is 1. The van der Waals surface area contributed by atoms with Crippen molar-refractivity contribution in [1.29, 1.82) is 0 Å². The lowest BCUT2D eigenvalue weighted by Gasteiger charge is -2.27. The van der Waals surface area contributed by atoms with Gasteiger partial charge in [-0.3, -0.25) is 14.5 Å². The second-order valence-corrected chi connectivity index (χ2v) is 9.65. The molecule has 2 aliphatic heterocycles. The quantitative estimate of drug-likeness (QED) is 0.281. The summed E-state index contributed by atoms with van der Waals surface area (Å²) < 4.78 is 11.4. The monoisotopic (exact) mass is 483 g/mol. The van der Waals surface area contributed by atoms with E-state index >= 15 is 0 Å². The van der Waals surface area contributed by atoms with Gasteiger partial charge in [0, 0.05) is 17.7 Å². The number of carbonyl (C=O) groups excluding carboxylic acids is 2. The maximum Gasteiger partial charge on any atom is 0.300 e. The zero-order valence-electron chi connectivity index (χ0n) is 20.7. The van der Waals surface area contributed by atoms with Crippen LogP contribution in [-0.2, 0) is 16.0 Å². The molecule has 0 saturated carbocycles. The lowest BCUT2D eigenvalue weighted by molar-refractivity contribution is -0.132. The van der Waals surface area contributed by atoms with Crippen molar-refractivity contribution < 1.29 is 24.2 Å². The second-order valence-electron chi connectivity index (χ2n) is 9.65. The number of amides is 1. The van der Waals surface area contributed by atoms with E-state index in [1.807, 2.05) is 37.3 Å². The first-order valence-electron chi connectivity index (χ1n) is 12.2. The molecule has 0 bridgehead atoms. The van der Waals surface area contributed by atoms with Crippen LogP contribution in [0.25, 0.3) is 5.76 Å². The number of ketones is 1. The minimum atomic E-state index is -0.766. The molecule has 1 saturated heterocycles. The Labute approximate surface area is 210 Å². The number of rotatable bonds is 6. The molecule has 0 spiro atoms. The number of aliphatic hydroxyl groups is 1. The van der Waals surface area contributed by atoms with Gasteiger partial charge in [0.25, 0.3) is 11.7 Å². The Morgan fingerprint density at radius 2 is 1.83 bits per heavy atom. The van der Waals surface area contributed by atoms with Crippen molar-refractivity contribution in [1.82, 2.24) is 0 Å². The summed E-state index contributed by atoms with van der Waals surface area (Å²) in [6.45, 7) is 7.25. The van der Waals surface area contributed by atoms with Crippen LogP contribution in [0, 0.1) is 12.8 Å². The van der Waals surface area contributed by atoms with Gasteiger partial charge in [0.15, 0.2) is 0 Å². The number of ether oxygens (including phenoxy) is 2. The van der Waals surface area contributed by atoms with Crippen molar-refractivity contribution in [3.05, 3.63) is 94.6 Å². The number of carbonyl (C=O) groups is 2. The van der Waals surface area contributed by atoms with E-state index in [4.69, 9.17) is 9.47 Å². The van der Waals surface area contributed by atoms with Gasteiger partial charge >= 0.3 is 0 Å². The lowest BCUT2D eigenvalue weighted by Crippen LogP contribution is -2.29. The fourth-order valence-corrected chi connectivity index (χ4v) is 4.74. The maximum atomic E-state index is 13.4. The largest absolute Gasteiger partial charge is 0.507 e. The van der Waals surface area contributed by atoms with E-state index in [-0.39, 0.29) is 11.3 Å². The molecule has 36 heavy (non-hydrogen) atoms. The summed E-state index contributed by atoms with van der Waals surface area (Å²) in [5.41, 5.74) is 3.80. The third kappa shape index (κ3) is 4.24. The van der Waals surface area contributed by atoms with Crippen molar-refractivity contribution in [3.63, 3.8) is 0 Å². The minimum Gasteiger partial charge on any atom is -0.507 e. The molecule has 0 aromatic heterocycles. The first kappa shape index (κ1) is 23.7. The van der Waals surface area contributed by atoms with Crippen molar-refractivity contribution in [2.75, 3.05) is 18.1 Å². The fourth-order valence-electron chi connectivity index (χ4n) is 4.74.